The molecule has 9 rings (SSSR count). The molecule has 4 nitrogen and oxygen atoms in total. The summed E-state index contributed by atoms with van der Waals surface area (Å²) in [6.45, 7) is 10.1. The SMILES string of the molecule is C=C/C=C\C1=C(C)NC2c3ccccc3NC(c3ccc(-n4c5ccc6ccccc6c5c5c6ccccc6ccc54)cc3)N12.CC. The first-order chi connectivity index (χ1) is 23.2. The van der Waals surface area contributed by atoms with Crippen LogP contribution in [0.3, 0.4) is 0 Å². The summed E-state index contributed by atoms with van der Waals surface area (Å²) in [5.74, 6) is 0. The Labute approximate surface area is 275 Å². The zero-order valence-electron chi connectivity index (χ0n) is 27.0. The van der Waals surface area contributed by atoms with Gasteiger partial charge >= 0.3 is 0 Å². The van der Waals surface area contributed by atoms with Crippen molar-refractivity contribution < 1.29 is 0 Å². The number of para-hydroxylation sites is 1. The topological polar surface area (TPSA) is 32.2 Å². The van der Waals surface area contributed by atoms with Crippen LogP contribution in [0, 0.1) is 0 Å². The maximum absolute atomic E-state index is 3.91. The van der Waals surface area contributed by atoms with Gasteiger partial charge in [0, 0.05) is 33.4 Å². The van der Waals surface area contributed by atoms with Crippen LogP contribution in [-0.4, -0.2) is 9.47 Å². The summed E-state index contributed by atoms with van der Waals surface area (Å²) in [5, 5.41) is 15.3. The number of nitrogens with zero attached hydrogens (tertiary/aromatic N) is 2. The van der Waals surface area contributed by atoms with E-state index in [4.69, 9.17) is 0 Å². The van der Waals surface area contributed by atoms with Gasteiger partial charge in [-0.25, -0.2) is 0 Å². The van der Waals surface area contributed by atoms with Gasteiger partial charge in [-0.1, -0.05) is 124 Å². The summed E-state index contributed by atoms with van der Waals surface area (Å²) in [7, 11) is 0. The monoisotopic (exact) mass is 610 g/mol. The number of hydrogen-bond acceptors (Lipinski definition) is 3. The first-order valence-corrected chi connectivity index (χ1v) is 16.6. The largest absolute Gasteiger partial charge is 0.363 e. The van der Waals surface area contributed by atoms with Crippen molar-refractivity contribution in [1.29, 1.82) is 0 Å². The van der Waals surface area contributed by atoms with Crippen molar-refractivity contribution in [1.82, 2.24) is 14.8 Å². The molecular weight excluding hydrogens is 573 g/mol. The van der Waals surface area contributed by atoms with E-state index >= 15 is 0 Å². The van der Waals surface area contributed by atoms with Crippen molar-refractivity contribution >= 4 is 49.0 Å². The second-order valence-electron chi connectivity index (χ2n) is 12.0. The molecule has 0 saturated carbocycles. The lowest BCUT2D eigenvalue weighted by Crippen LogP contribution is -2.40. The van der Waals surface area contributed by atoms with Gasteiger partial charge in [0.2, 0.25) is 0 Å². The van der Waals surface area contributed by atoms with Gasteiger partial charge in [-0.3, -0.25) is 0 Å². The van der Waals surface area contributed by atoms with E-state index in [-0.39, 0.29) is 12.3 Å². The van der Waals surface area contributed by atoms with Gasteiger partial charge in [0.05, 0.1) is 16.7 Å². The zero-order valence-corrected chi connectivity index (χ0v) is 27.0. The molecule has 2 aliphatic heterocycles. The molecule has 2 unspecified atom stereocenters. The highest BCUT2D eigenvalue weighted by Gasteiger charge is 2.40. The van der Waals surface area contributed by atoms with Gasteiger partial charge in [0.1, 0.15) is 12.3 Å². The minimum Gasteiger partial charge on any atom is -0.363 e. The van der Waals surface area contributed by atoms with Gasteiger partial charge in [-0.2, -0.15) is 0 Å². The number of aromatic nitrogens is 1. The Balaban J connectivity index is 0.00000159. The molecule has 1 aromatic heterocycles. The average molecular weight is 611 g/mol. The van der Waals surface area contributed by atoms with Crippen LogP contribution in [0.25, 0.3) is 49.0 Å². The summed E-state index contributed by atoms with van der Waals surface area (Å²) in [6, 6.07) is 44.2. The summed E-state index contributed by atoms with van der Waals surface area (Å²) < 4.78 is 2.43. The van der Waals surface area contributed by atoms with Crippen molar-refractivity contribution in [3.63, 3.8) is 0 Å². The Morgan fingerprint density at radius 3 is 1.87 bits per heavy atom. The van der Waals surface area contributed by atoms with Gasteiger partial charge in [-0.15, -0.1) is 0 Å². The molecular formula is C43H38N4. The molecule has 7 aromatic rings. The summed E-state index contributed by atoms with van der Waals surface area (Å²) >= 11 is 0. The third-order valence-corrected chi connectivity index (χ3v) is 9.52. The normalized spacial score (nSPS) is 17.0. The average Bonchev–Trinajstić information content (AvgIpc) is 3.66. The fourth-order valence-corrected chi connectivity index (χ4v) is 7.53. The predicted octanol–water partition coefficient (Wildman–Crippen LogP) is 11.1. The summed E-state index contributed by atoms with van der Waals surface area (Å²) in [5.41, 5.74) is 9.51. The van der Waals surface area contributed by atoms with Crippen LogP contribution >= 0.6 is 0 Å². The van der Waals surface area contributed by atoms with Crippen LogP contribution in [0.15, 0.2) is 158 Å². The number of anilines is 1. The minimum atomic E-state index is -0.0422. The maximum Gasteiger partial charge on any atom is 0.129 e. The third kappa shape index (κ3) is 4.44. The number of hydrogen-bond donors (Lipinski definition) is 2. The molecule has 230 valence electrons. The number of rotatable bonds is 4. The smallest absolute Gasteiger partial charge is 0.129 e. The highest BCUT2D eigenvalue weighted by atomic mass is 15.4. The molecule has 0 fully saturated rings. The van der Waals surface area contributed by atoms with Crippen LogP contribution in [0.4, 0.5) is 5.69 Å². The van der Waals surface area contributed by atoms with E-state index in [1.165, 1.54) is 54.5 Å². The van der Waals surface area contributed by atoms with E-state index < -0.39 is 0 Å². The van der Waals surface area contributed by atoms with Crippen molar-refractivity contribution in [2.75, 3.05) is 5.32 Å². The lowest BCUT2D eigenvalue weighted by atomic mass is 10.00. The van der Waals surface area contributed by atoms with Crippen LogP contribution in [-0.2, 0) is 0 Å². The third-order valence-electron chi connectivity index (χ3n) is 9.52. The minimum absolute atomic E-state index is 0.0422. The fraction of sp³-hybridized carbons (Fsp3) is 0.116. The second kappa shape index (κ2) is 11.6. The Hall–Kier alpha value is -5.74. The zero-order chi connectivity index (χ0) is 32.1. The molecule has 6 aromatic carbocycles. The number of fused-ring (bicyclic) bond motifs is 10. The number of nitrogens with one attached hydrogen (secondary N) is 2. The van der Waals surface area contributed by atoms with Crippen molar-refractivity contribution in [3.8, 4) is 5.69 Å². The van der Waals surface area contributed by atoms with Gasteiger partial charge < -0.3 is 20.1 Å². The molecule has 3 heterocycles. The standard InChI is InChI=1S/C41H32N4.C2H6/c1-3-4-17-35-26(2)42-41-33-15-9-10-16-34(33)43-40(45(35)41)29-18-22-30(23-19-29)44-36-24-20-27-11-5-7-13-31(27)38(36)39-32-14-8-6-12-28(32)21-25-37(39)44;1-2/h3-25,40-43H,1H2,2H3;1-2H3/b17-4-;. The van der Waals surface area contributed by atoms with Gasteiger partial charge in [0.15, 0.2) is 0 Å². The van der Waals surface area contributed by atoms with Crippen LogP contribution < -0.4 is 10.6 Å². The molecule has 47 heavy (non-hydrogen) atoms. The molecule has 0 saturated heterocycles. The lowest BCUT2D eigenvalue weighted by Gasteiger charge is -2.42. The van der Waals surface area contributed by atoms with Crippen molar-refractivity contribution in [2.45, 2.75) is 33.1 Å². The summed E-state index contributed by atoms with van der Waals surface area (Å²) in [4.78, 5) is 2.45. The second-order valence-corrected chi connectivity index (χ2v) is 12.0. The molecule has 0 spiro atoms. The van der Waals surface area contributed by atoms with Crippen LogP contribution in [0.1, 0.15) is 44.2 Å². The highest BCUT2D eigenvalue weighted by molar-refractivity contribution is 6.28. The van der Waals surface area contributed by atoms with Crippen molar-refractivity contribution in [3.05, 3.63) is 169 Å². The number of allylic oxidation sites excluding steroid dienone is 4. The molecule has 0 radical (unpaired) electrons. The van der Waals surface area contributed by atoms with E-state index in [0.717, 1.165) is 22.8 Å². The Morgan fingerprint density at radius 2 is 1.23 bits per heavy atom. The molecule has 2 atom stereocenters. The van der Waals surface area contributed by atoms with Gasteiger partial charge in [0.25, 0.3) is 0 Å². The van der Waals surface area contributed by atoms with E-state index in [0.29, 0.717) is 0 Å². The van der Waals surface area contributed by atoms with E-state index in [9.17, 15) is 0 Å². The first-order valence-electron chi connectivity index (χ1n) is 16.6. The Bertz CT molecular complexity index is 2280. The molecule has 2 N–H and O–H groups in total. The van der Waals surface area contributed by atoms with Crippen LogP contribution in [0.5, 0.6) is 0 Å². The highest BCUT2D eigenvalue weighted by Crippen LogP contribution is 2.46. The van der Waals surface area contributed by atoms with Crippen LogP contribution in [0.2, 0.25) is 0 Å². The van der Waals surface area contributed by atoms with E-state index in [2.05, 4.69) is 161 Å². The van der Waals surface area contributed by atoms with Gasteiger partial charge in [-0.05, 0) is 70.4 Å². The molecule has 0 bridgehead atoms. The summed E-state index contributed by atoms with van der Waals surface area (Å²) in [6.07, 6.45) is 6.01. The molecule has 0 amide bonds. The van der Waals surface area contributed by atoms with Crippen molar-refractivity contribution in [2.24, 2.45) is 0 Å². The fourth-order valence-electron chi connectivity index (χ4n) is 7.53. The van der Waals surface area contributed by atoms with E-state index in [1.807, 2.05) is 26.0 Å². The molecule has 2 aliphatic rings. The molecule has 4 heteroatoms. The quantitative estimate of drug-likeness (QED) is 0.195. The first kappa shape index (κ1) is 28.7. The maximum atomic E-state index is 3.91. The van der Waals surface area contributed by atoms with E-state index in [1.54, 1.807) is 0 Å². The number of benzene rings is 6. The Kier molecular flexibility index (Phi) is 7.06. The predicted molar refractivity (Wildman–Crippen MR) is 200 cm³/mol. The molecule has 0 aliphatic carbocycles. The lowest BCUT2D eigenvalue weighted by molar-refractivity contribution is 0.204. The Morgan fingerprint density at radius 1 is 0.638 bits per heavy atom.